The average molecular weight is 288 g/mol. The summed E-state index contributed by atoms with van der Waals surface area (Å²) in [5, 5.41) is 3.45. The van der Waals surface area contributed by atoms with Crippen molar-refractivity contribution in [2.45, 2.75) is 70.8 Å². The molecule has 1 heterocycles. The van der Waals surface area contributed by atoms with Crippen molar-refractivity contribution in [2.24, 2.45) is 0 Å². The number of nitrogens with one attached hydrogen (secondary N) is 1. The Balaban J connectivity index is 1.81. The van der Waals surface area contributed by atoms with Gasteiger partial charge in [0, 0.05) is 31.1 Å². The van der Waals surface area contributed by atoms with Gasteiger partial charge in [-0.15, -0.1) is 0 Å². The Morgan fingerprint density at radius 3 is 2.57 bits per heavy atom. The molecule has 0 saturated heterocycles. The van der Waals surface area contributed by atoms with E-state index >= 15 is 0 Å². The van der Waals surface area contributed by atoms with E-state index in [1.54, 1.807) is 0 Å². The standard InChI is InChI=1S/C17H28N4/c1-3-5-11-21(14-8-9-14)16-12-15(18-10-4-2)19-17(20-16)13-6-7-13/h12-14H,3-11H2,1-2H3,(H,18,19,20). The fourth-order valence-corrected chi connectivity index (χ4v) is 2.67. The maximum atomic E-state index is 4.89. The molecular weight excluding hydrogens is 260 g/mol. The second kappa shape index (κ2) is 6.63. The van der Waals surface area contributed by atoms with E-state index in [0.717, 1.165) is 43.0 Å². The summed E-state index contributed by atoms with van der Waals surface area (Å²) >= 11 is 0. The zero-order valence-corrected chi connectivity index (χ0v) is 13.4. The summed E-state index contributed by atoms with van der Waals surface area (Å²) in [6, 6.07) is 2.88. The number of nitrogens with zero attached hydrogens (tertiary/aromatic N) is 3. The minimum Gasteiger partial charge on any atom is -0.370 e. The first kappa shape index (κ1) is 14.6. The van der Waals surface area contributed by atoms with Gasteiger partial charge in [-0.25, -0.2) is 9.97 Å². The Labute approximate surface area is 128 Å². The molecule has 0 aromatic carbocycles. The molecule has 0 aliphatic heterocycles. The summed E-state index contributed by atoms with van der Waals surface area (Å²) in [4.78, 5) is 12.1. The predicted molar refractivity (Wildman–Crippen MR) is 88.1 cm³/mol. The summed E-state index contributed by atoms with van der Waals surface area (Å²) in [7, 11) is 0. The monoisotopic (exact) mass is 288 g/mol. The molecule has 0 bridgehead atoms. The summed E-state index contributed by atoms with van der Waals surface area (Å²) in [5.41, 5.74) is 0. The molecule has 2 aliphatic rings. The summed E-state index contributed by atoms with van der Waals surface area (Å²) in [5.74, 6) is 3.85. The molecule has 21 heavy (non-hydrogen) atoms. The Kier molecular flexibility index (Phi) is 4.61. The SMILES string of the molecule is CCCCN(c1cc(NCCC)nc(C2CC2)n1)C1CC1. The molecule has 4 nitrogen and oxygen atoms in total. The van der Waals surface area contributed by atoms with Crippen molar-refractivity contribution in [2.75, 3.05) is 23.3 Å². The predicted octanol–water partition coefficient (Wildman–Crippen LogP) is 3.94. The largest absolute Gasteiger partial charge is 0.370 e. The molecule has 2 aliphatic carbocycles. The number of hydrogen-bond donors (Lipinski definition) is 1. The van der Waals surface area contributed by atoms with E-state index in [2.05, 4.69) is 30.1 Å². The lowest BCUT2D eigenvalue weighted by molar-refractivity contribution is 0.699. The van der Waals surface area contributed by atoms with Crippen LogP contribution in [0.4, 0.5) is 11.6 Å². The number of rotatable bonds is 9. The lowest BCUT2D eigenvalue weighted by atomic mass is 10.3. The maximum absolute atomic E-state index is 4.89. The van der Waals surface area contributed by atoms with Crippen molar-refractivity contribution in [3.63, 3.8) is 0 Å². The van der Waals surface area contributed by atoms with Crippen molar-refractivity contribution in [3.05, 3.63) is 11.9 Å². The number of aromatic nitrogens is 2. The van der Waals surface area contributed by atoms with Crippen LogP contribution in [0, 0.1) is 0 Å². The molecule has 1 aromatic rings. The van der Waals surface area contributed by atoms with E-state index in [0.29, 0.717) is 5.92 Å². The van der Waals surface area contributed by atoms with E-state index in [9.17, 15) is 0 Å². The maximum Gasteiger partial charge on any atom is 0.136 e. The van der Waals surface area contributed by atoms with Gasteiger partial charge in [-0.2, -0.15) is 0 Å². The highest BCUT2D eigenvalue weighted by atomic mass is 15.2. The third kappa shape index (κ3) is 3.86. The van der Waals surface area contributed by atoms with Gasteiger partial charge in [0.2, 0.25) is 0 Å². The molecule has 4 heteroatoms. The van der Waals surface area contributed by atoms with Crippen molar-refractivity contribution in [1.82, 2.24) is 9.97 Å². The van der Waals surface area contributed by atoms with Crippen LogP contribution in [0.5, 0.6) is 0 Å². The molecule has 2 fully saturated rings. The van der Waals surface area contributed by atoms with Crippen LogP contribution < -0.4 is 10.2 Å². The summed E-state index contributed by atoms with van der Waals surface area (Å²) in [6.07, 6.45) is 8.78. The van der Waals surface area contributed by atoms with Crippen molar-refractivity contribution < 1.29 is 0 Å². The normalized spacial score (nSPS) is 17.8. The van der Waals surface area contributed by atoms with Crippen LogP contribution in [-0.4, -0.2) is 29.1 Å². The molecule has 0 radical (unpaired) electrons. The second-order valence-electron chi connectivity index (χ2n) is 6.45. The Bertz CT molecular complexity index is 466. The summed E-state index contributed by atoms with van der Waals surface area (Å²) in [6.45, 7) is 6.57. The molecule has 1 aromatic heterocycles. The minimum atomic E-state index is 0.611. The topological polar surface area (TPSA) is 41.0 Å². The van der Waals surface area contributed by atoms with Gasteiger partial charge in [-0.05, 0) is 38.5 Å². The van der Waals surface area contributed by atoms with Gasteiger partial charge in [0.1, 0.15) is 17.5 Å². The van der Waals surface area contributed by atoms with E-state index in [1.807, 2.05) is 0 Å². The van der Waals surface area contributed by atoms with Crippen LogP contribution in [0.3, 0.4) is 0 Å². The molecular formula is C17H28N4. The number of anilines is 2. The molecule has 0 amide bonds. The van der Waals surface area contributed by atoms with Gasteiger partial charge in [0.05, 0.1) is 0 Å². The fraction of sp³-hybridized carbons (Fsp3) is 0.765. The third-order valence-corrected chi connectivity index (χ3v) is 4.26. The fourth-order valence-electron chi connectivity index (χ4n) is 2.67. The molecule has 1 N–H and O–H groups in total. The van der Waals surface area contributed by atoms with Gasteiger partial charge in [-0.3, -0.25) is 0 Å². The lowest BCUT2D eigenvalue weighted by Crippen LogP contribution is -2.28. The van der Waals surface area contributed by atoms with Crippen molar-refractivity contribution >= 4 is 11.6 Å². The number of hydrogen-bond acceptors (Lipinski definition) is 4. The van der Waals surface area contributed by atoms with Crippen LogP contribution in [0.1, 0.15) is 70.5 Å². The first-order valence-electron chi connectivity index (χ1n) is 8.71. The zero-order valence-electron chi connectivity index (χ0n) is 13.4. The first-order chi connectivity index (χ1) is 10.3. The van der Waals surface area contributed by atoms with E-state index in [1.165, 1.54) is 38.5 Å². The van der Waals surface area contributed by atoms with Crippen LogP contribution in [-0.2, 0) is 0 Å². The van der Waals surface area contributed by atoms with E-state index in [4.69, 9.17) is 9.97 Å². The molecule has 2 saturated carbocycles. The minimum absolute atomic E-state index is 0.611. The Morgan fingerprint density at radius 1 is 1.14 bits per heavy atom. The van der Waals surface area contributed by atoms with Gasteiger partial charge >= 0.3 is 0 Å². The third-order valence-electron chi connectivity index (χ3n) is 4.26. The van der Waals surface area contributed by atoms with Gasteiger partial charge < -0.3 is 10.2 Å². The van der Waals surface area contributed by atoms with Crippen LogP contribution >= 0.6 is 0 Å². The van der Waals surface area contributed by atoms with Crippen molar-refractivity contribution in [1.29, 1.82) is 0 Å². The van der Waals surface area contributed by atoms with Gasteiger partial charge in [0.15, 0.2) is 0 Å². The number of unbranched alkanes of at least 4 members (excludes halogenated alkanes) is 1. The quantitative estimate of drug-likeness (QED) is 0.747. The Hall–Kier alpha value is -1.32. The highest BCUT2D eigenvalue weighted by molar-refractivity contribution is 5.51. The molecule has 116 valence electrons. The lowest BCUT2D eigenvalue weighted by Gasteiger charge is -2.24. The van der Waals surface area contributed by atoms with E-state index < -0.39 is 0 Å². The zero-order chi connectivity index (χ0) is 14.7. The van der Waals surface area contributed by atoms with Gasteiger partial charge in [0.25, 0.3) is 0 Å². The Morgan fingerprint density at radius 2 is 1.95 bits per heavy atom. The summed E-state index contributed by atoms with van der Waals surface area (Å²) < 4.78 is 0. The smallest absolute Gasteiger partial charge is 0.136 e. The molecule has 3 rings (SSSR count). The van der Waals surface area contributed by atoms with E-state index in [-0.39, 0.29) is 0 Å². The van der Waals surface area contributed by atoms with Gasteiger partial charge in [-0.1, -0.05) is 20.3 Å². The second-order valence-corrected chi connectivity index (χ2v) is 6.45. The van der Waals surface area contributed by atoms with Crippen LogP contribution in [0.15, 0.2) is 6.07 Å². The molecule has 0 atom stereocenters. The molecule has 0 spiro atoms. The highest BCUT2D eigenvalue weighted by Crippen LogP contribution is 2.40. The van der Waals surface area contributed by atoms with Crippen LogP contribution in [0.2, 0.25) is 0 Å². The first-order valence-corrected chi connectivity index (χ1v) is 8.71. The van der Waals surface area contributed by atoms with Crippen molar-refractivity contribution in [3.8, 4) is 0 Å². The molecule has 0 unspecified atom stereocenters. The highest BCUT2D eigenvalue weighted by Gasteiger charge is 2.32. The van der Waals surface area contributed by atoms with Crippen LogP contribution in [0.25, 0.3) is 0 Å². The average Bonchev–Trinajstić information content (AvgIpc) is 3.38.